The molecule has 0 aliphatic heterocycles. The molecule has 0 saturated carbocycles. The van der Waals surface area contributed by atoms with Crippen LogP contribution in [0.5, 0.6) is 0 Å². The summed E-state index contributed by atoms with van der Waals surface area (Å²) in [5.74, 6) is -0.271. The highest BCUT2D eigenvalue weighted by Crippen LogP contribution is 2.22. The monoisotopic (exact) mass is 245 g/mol. The Morgan fingerprint density at radius 3 is 2.89 bits per heavy atom. The van der Waals surface area contributed by atoms with Gasteiger partial charge in [0, 0.05) is 17.7 Å². The quantitative estimate of drug-likeness (QED) is 0.570. The second-order valence-corrected chi connectivity index (χ2v) is 4.17. The number of hydrogen-bond acceptors (Lipinski definition) is 3. The first-order valence-corrected chi connectivity index (χ1v) is 6.00. The van der Waals surface area contributed by atoms with Crippen LogP contribution in [0.1, 0.15) is 37.4 Å². The van der Waals surface area contributed by atoms with Crippen LogP contribution in [0, 0.1) is 0 Å². The average molecular weight is 245 g/mol. The first kappa shape index (κ1) is 14.2. The normalized spacial score (nSPS) is 11.7. The molecule has 0 fully saturated rings. The molecule has 0 aliphatic rings. The lowest BCUT2D eigenvalue weighted by molar-refractivity contribution is -0.139. The molecule has 1 rings (SSSR count). The molecule has 0 N–H and O–H groups in total. The molecule has 1 unspecified atom stereocenters. The van der Waals surface area contributed by atoms with E-state index in [-0.39, 0.29) is 11.9 Å². The molecule has 96 valence electrons. The maximum atomic E-state index is 11.4. The van der Waals surface area contributed by atoms with Crippen LogP contribution in [-0.2, 0) is 9.53 Å². The van der Waals surface area contributed by atoms with E-state index in [1.807, 2.05) is 19.1 Å². The van der Waals surface area contributed by atoms with Gasteiger partial charge in [-0.1, -0.05) is 32.2 Å². The predicted molar refractivity (Wildman–Crippen MR) is 73.1 cm³/mol. The molecule has 0 amide bonds. The number of hydrogen-bond donors (Lipinski definition) is 0. The van der Waals surface area contributed by atoms with Gasteiger partial charge in [0.1, 0.15) is 0 Å². The smallest absolute Gasteiger partial charge is 0.333 e. The molecule has 3 heteroatoms. The van der Waals surface area contributed by atoms with Crippen LogP contribution < -0.4 is 0 Å². The Morgan fingerprint density at radius 1 is 1.61 bits per heavy atom. The molecular weight excluding hydrogens is 226 g/mol. The van der Waals surface area contributed by atoms with Gasteiger partial charge in [0.2, 0.25) is 0 Å². The van der Waals surface area contributed by atoms with Crippen LogP contribution in [0.2, 0.25) is 0 Å². The minimum Gasteiger partial charge on any atom is -0.462 e. The van der Waals surface area contributed by atoms with E-state index >= 15 is 0 Å². The molecule has 0 saturated heterocycles. The number of carbonyl (C=O) groups is 1. The number of rotatable bonds is 6. The van der Waals surface area contributed by atoms with Crippen LogP contribution in [0.15, 0.2) is 37.1 Å². The first-order chi connectivity index (χ1) is 8.60. The summed E-state index contributed by atoms with van der Waals surface area (Å²) < 4.78 is 5.20. The Hall–Kier alpha value is -1.90. The minimum atomic E-state index is -0.357. The topological polar surface area (TPSA) is 39.2 Å². The lowest BCUT2D eigenvalue weighted by Gasteiger charge is -2.16. The summed E-state index contributed by atoms with van der Waals surface area (Å²) in [4.78, 5) is 15.7. The van der Waals surface area contributed by atoms with Gasteiger partial charge in [0.15, 0.2) is 0 Å². The largest absolute Gasteiger partial charge is 0.462 e. The third-order valence-electron chi connectivity index (χ3n) is 2.73. The number of ether oxygens (including phenoxy) is 1. The summed E-state index contributed by atoms with van der Waals surface area (Å²) in [5, 5.41) is 0. The van der Waals surface area contributed by atoms with Crippen molar-refractivity contribution in [3.05, 3.63) is 48.3 Å². The van der Waals surface area contributed by atoms with Crippen molar-refractivity contribution >= 4 is 12.0 Å². The van der Waals surface area contributed by atoms with Gasteiger partial charge in [0.05, 0.1) is 12.3 Å². The second-order valence-electron chi connectivity index (χ2n) is 4.17. The highest BCUT2D eigenvalue weighted by Gasteiger charge is 2.16. The summed E-state index contributed by atoms with van der Waals surface area (Å²) in [6.07, 6.45) is 4.36. The zero-order chi connectivity index (χ0) is 13.5. The van der Waals surface area contributed by atoms with E-state index in [0.29, 0.717) is 12.2 Å². The second kappa shape index (κ2) is 6.74. The van der Waals surface area contributed by atoms with Crippen LogP contribution >= 0.6 is 0 Å². The Balaban J connectivity index is 2.80. The maximum absolute atomic E-state index is 11.4. The number of pyridine rings is 1. The summed E-state index contributed by atoms with van der Waals surface area (Å²) in [6, 6.07) is 3.83. The molecule has 18 heavy (non-hydrogen) atoms. The van der Waals surface area contributed by atoms with Crippen LogP contribution in [-0.4, -0.2) is 17.6 Å². The number of nitrogens with zero attached hydrogens (tertiary/aromatic N) is 1. The minimum absolute atomic E-state index is 0.0856. The molecule has 0 radical (unpaired) electrons. The van der Waals surface area contributed by atoms with E-state index in [1.165, 1.54) is 0 Å². The highest BCUT2D eigenvalue weighted by atomic mass is 16.5. The molecule has 1 atom stereocenters. The van der Waals surface area contributed by atoms with Crippen LogP contribution in [0.25, 0.3) is 6.08 Å². The van der Waals surface area contributed by atoms with Gasteiger partial charge in [-0.15, -0.1) is 0 Å². The summed E-state index contributed by atoms with van der Waals surface area (Å²) in [5.41, 5.74) is 2.31. The molecule has 3 nitrogen and oxygen atoms in total. The van der Waals surface area contributed by atoms with Gasteiger partial charge in [-0.3, -0.25) is 4.98 Å². The third kappa shape index (κ3) is 3.55. The van der Waals surface area contributed by atoms with Crippen molar-refractivity contribution < 1.29 is 9.53 Å². The van der Waals surface area contributed by atoms with Gasteiger partial charge in [-0.25, -0.2) is 4.79 Å². The average Bonchev–Trinajstić information content (AvgIpc) is 2.39. The zero-order valence-corrected chi connectivity index (χ0v) is 11.0. The molecule has 1 aromatic heterocycles. The van der Waals surface area contributed by atoms with Gasteiger partial charge in [0.25, 0.3) is 0 Å². The van der Waals surface area contributed by atoms with E-state index < -0.39 is 0 Å². The highest BCUT2D eigenvalue weighted by molar-refractivity contribution is 5.86. The maximum Gasteiger partial charge on any atom is 0.333 e. The van der Waals surface area contributed by atoms with Gasteiger partial charge in [-0.05, 0) is 25.0 Å². The Kier molecular flexibility index (Phi) is 5.31. The van der Waals surface area contributed by atoms with Crippen molar-refractivity contribution in [2.45, 2.75) is 26.2 Å². The third-order valence-corrected chi connectivity index (χ3v) is 2.73. The van der Waals surface area contributed by atoms with E-state index in [4.69, 9.17) is 4.74 Å². The van der Waals surface area contributed by atoms with Crippen molar-refractivity contribution in [1.82, 2.24) is 4.98 Å². The fourth-order valence-electron chi connectivity index (χ4n) is 1.63. The van der Waals surface area contributed by atoms with Crippen molar-refractivity contribution in [3.63, 3.8) is 0 Å². The Bertz CT molecular complexity index is 452. The van der Waals surface area contributed by atoms with Gasteiger partial charge < -0.3 is 4.74 Å². The van der Waals surface area contributed by atoms with E-state index in [0.717, 1.165) is 17.7 Å². The van der Waals surface area contributed by atoms with E-state index in [9.17, 15) is 4.79 Å². The van der Waals surface area contributed by atoms with E-state index in [2.05, 4.69) is 18.1 Å². The zero-order valence-electron chi connectivity index (χ0n) is 11.0. The van der Waals surface area contributed by atoms with E-state index in [1.54, 1.807) is 19.2 Å². The summed E-state index contributed by atoms with van der Waals surface area (Å²) in [7, 11) is 0. The molecule has 0 aliphatic carbocycles. The fraction of sp³-hybridized carbons (Fsp3) is 0.333. The predicted octanol–water partition coefficient (Wildman–Crippen LogP) is 3.34. The van der Waals surface area contributed by atoms with Crippen molar-refractivity contribution in [2.24, 2.45) is 0 Å². The van der Waals surface area contributed by atoms with Gasteiger partial charge in [-0.2, -0.15) is 0 Å². The molecule has 1 aromatic rings. The summed E-state index contributed by atoms with van der Waals surface area (Å²) in [6.45, 7) is 11.3. The summed E-state index contributed by atoms with van der Waals surface area (Å²) >= 11 is 0. The SMILES string of the molecule is C=Cc1cccnc1C(CC)COC(=O)C(=C)C. The number of carbonyl (C=O) groups excluding carboxylic acids is 1. The Morgan fingerprint density at radius 2 is 2.33 bits per heavy atom. The Labute approximate surface area is 108 Å². The molecular formula is C15H19NO2. The molecule has 0 aromatic carbocycles. The lowest BCUT2D eigenvalue weighted by atomic mass is 9.98. The molecule has 1 heterocycles. The van der Waals surface area contributed by atoms with Crippen molar-refractivity contribution in [2.75, 3.05) is 6.61 Å². The lowest BCUT2D eigenvalue weighted by Crippen LogP contribution is -2.14. The standard InChI is InChI=1S/C15H19NO2/c1-5-12-8-7-9-16-14(12)13(6-2)10-18-15(17)11(3)4/h5,7-9,13H,1,3,6,10H2,2,4H3. The molecule has 0 bridgehead atoms. The fourth-order valence-corrected chi connectivity index (χ4v) is 1.63. The van der Waals surface area contributed by atoms with Crippen LogP contribution in [0.3, 0.4) is 0 Å². The number of esters is 1. The molecule has 0 spiro atoms. The van der Waals surface area contributed by atoms with Crippen molar-refractivity contribution in [1.29, 1.82) is 0 Å². The van der Waals surface area contributed by atoms with Crippen molar-refractivity contribution in [3.8, 4) is 0 Å². The number of aromatic nitrogens is 1. The van der Waals surface area contributed by atoms with Gasteiger partial charge >= 0.3 is 5.97 Å². The first-order valence-electron chi connectivity index (χ1n) is 6.00. The van der Waals surface area contributed by atoms with Crippen LogP contribution in [0.4, 0.5) is 0 Å².